The number of para-hydroxylation sites is 1. The molecule has 0 aliphatic carbocycles. The molecule has 1 saturated heterocycles. The molecule has 0 radical (unpaired) electrons. The van der Waals surface area contributed by atoms with Gasteiger partial charge in [-0.05, 0) is 62.0 Å². The molecular formula is C22H18FN2O6S-. The number of benzene rings is 2. The van der Waals surface area contributed by atoms with E-state index < -0.39 is 29.7 Å². The normalized spacial score (nSPS) is 16.0. The highest BCUT2D eigenvalue weighted by Gasteiger charge is 2.35. The van der Waals surface area contributed by atoms with Gasteiger partial charge in [-0.25, -0.2) is 9.29 Å². The first kappa shape index (κ1) is 22.9. The zero-order chi connectivity index (χ0) is 23.4. The van der Waals surface area contributed by atoms with Gasteiger partial charge in [-0.3, -0.25) is 14.9 Å². The molecule has 1 N–H and O–H groups in total. The molecule has 8 nitrogen and oxygen atoms in total. The molecule has 0 spiro atoms. The fourth-order valence-corrected chi connectivity index (χ4v) is 3.17. The molecule has 0 aromatic heterocycles. The monoisotopic (exact) mass is 457 g/mol. The number of carboxylic acids is 1. The molecule has 3 rings (SSSR count). The van der Waals surface area contributed by atoms with Gasteiger partial charge in [0, 0.05) is 0 Å². The van der Waals surface area contributed by atoms with Crippen LogP contribution in [-0.2, 0) is 14.4 Å². The fraction of sp³-hybridized carbons (Fsp3) is 0.182. The minimum atomic E-state index is -1.40. The highest BCUT2D eigenvalue weighted by Crippen LogP contribution is 2.31. The van der Waals surface area contributed by atoms with Gasteiger partial charge < -0.3 is 19.4 Å². The van der Waals surface area contributed by atoms with Gasteiger partial charge in [-0.2, -0.15) is 0 Å². The van der Waals surface area contributed by atoms with Crippen molar-refractivity contribution in [2.75, 3.05) is 11.5 Å². The number of hydrogen-bond donors (Lipinski definition) is 1. The summed E-state index contributed by atoms with van der Waals surface area (Å²) in [6, 6.07) is 9.97. The predicted octanol–water partition coefficient (Wildman–Crippen LogP) is 1.57. The van der Waals surface area contributed by atoms with Crippen molar-refractivity contribution in [1.82, 2.24) is 5.32 Å². The van der Waals surface area contributed by atoms with Gasteiger partial charge in [0.2, 0.25) is 0 Å². The van der Waals surface area contributed by atoms with Crippen LogP contribution < -0.4 is 24.8 Å². The van der Waals surface area contributed by atoms with Crippen molar-refractivity contribution < 1.29 is 33.4 Å². The molecule has 1 aliphatic heterocycles. The fourth-order valence-electron chi connectivity index (χ4n) is 2.89. The molecular weight excluding hydrogens is 439 g/mol. The van der Waals surface area contributed by atoms with Gasteiger partial charge >= 0.3 is 0 Å². The number of halogens is 1. The Morgan fingerprint density at radius 1 is 1.25 bits per heavy atom. The number of carbonyl (C=O) groups excluding carboxylic acids is 3. The smallest absolute Gasteiger partial charge is 0.270 e. The highest BCUT2D eigenvalue weighted by atomic mass is 32.1. The summed E-state index contributed by atoms with van der Waals surface area (Å²) >= 11 is 5.06. The van der Waals surface area contributed by atoms with Crippen molar-refractivity contribution in [2.45, 2.75) is 20.0 Å². The Hall–Kier alpha value is -3.79. The number of carbonyl (C=O) groups is 3. The Morgan fingerprint density at radius 3 is 2.62 bits per heavy atom. The maximum Gasteiger partial charge on any atom is 0.270 e. The molecule has 0 bridgehead atoms. The zero-order valence-electron chi connectivity index (χ0n) is 17.1. The van der Waals surface area contributed by atoms with Crippen molar-refractivity contribution in [3.05, 3.63) is 59.4 Å². The molecule has 166 valence electrons. The van der Waals surface area contributed by atoms with Crippen LogP contribution >= 0.6 is 12.2 Å². The number of hydrogen-bond acceptors (Lipinski definition) is 7. The van der Waals surface area contributed by atoms with Crippen LogP contribution in [0.5, 0.6) is 11.5 Å². The van der Waals surface area contributed by atoms with Crippen LogP contribution in [0.3, 0.4) is 0 Å². The lowest BCUT2D eigenvalue weighted by Crippen LogP contribution is -2.54. The summed E-state index contributed by atoms with van der Waals surface area (Å²) in [5.74, 6) is -3.25. The first-order valence-corrected chi connectivity index (χ1v) is 9.94. The first-order valence-electron chi connectivity index (χ1n) is 9.53. The van der Waals surface area contributed by atoms with Crippen LogP contribution in [0.25, 0.3) is 6.08 Å². The van der Waals surface area contributed by atoms with Crippen molar-refractivity contribution in [3.63, 3.8) is 0 Å². The maximum absolute atomic E-state index is 14.3. The van der Waals surface area contributed by atoms with E-state index >= 15 is 0 Å². The number of rotatable bonds is 7. The van der Waals surface area contributed by atoms with Crippen molar-refractivity contribution >= 4 is 46.9 Å². The quantitative estimate of drug-likeness (QED) is 0.382. The van der Waals surface area contributed by atoms with Gasteiger partial charge in [0.05, 0.1) is 18.3 Å². The molecule has 32 heavy (non-hydrogen) atoms. The molecule has 1 fully saturated rings. The second-order valence-electron chi connectivity index (χ2n) is 6.63. The number of carboxylic acid groups (broad SMARTS) is 1. The van der Waals surface area contributed by atoms with E-state index in [1.54, 1.807) is 6.92 Å². The van der Waals surface area contributed by atoms with Gasteiger partial charge in [0.1, 0.15) is 17.5 Å². The lowest BCUT2D eigenvalue weighted by Gasteiger charge is -2.29. The van der Waals surface area contributed by atoms with E-state index in [2.05, 4.69) is 5.32 Å². The number of nitrogens with zero attached hydrogens (tertiary/aromatic N) is 1. The molecule has 10 heteroatoms. The molecule has 0 unspecified atom stereocenters. The van der Waals surface area contributed by atoms with Crippen LogP contribution in [-0.4, -0.2) is 35.6 Å². The Morgan fingerprint density at radius 2 is 1.97 bits per heavy atom. The molecule has 0 saturated carbocycles. The lowest BCUT2D eigenvalue weighted by molar-refractivity contribution is -0.312. The highest BCUT2D eigenvalue weighted by molar-refractivity contribution is 7.80. The van der Waals surface area contributed by atoms with Crippen LogP contribution in [0.4, 0.5) is 10.1 Å². The van der Waals surface area contributed by atoms with Crippen molar-refractivity contribution in [3.8, 4) is 11.5 Å². The molecule has 1 aliphatic rings. The van der Waals surface area contributed by atoms with Crippen molar-refractivity contribution in [1.29, 1.82) is 0 Å². The summed E-state index contributed by atoms with van der Waals surface area (Å²) in [6.45, 7) is 3.29. The minimum Gasteiger partial charge on any atom is -0.546 e. The third-order valence-corrected chi connectivity index (χ3v) is 4.69. The number of amides is 2. The third kappa shape index (κ3) is 4.75. The number of nitrogens with one attached hydrogen (secondary N) is 1. The molecule has 2 aromatic carbocycles. The SMILES string of the molecule is CCOc1cc(/C=C2/C(=O)NC(=S)N(c3ccccc3F)C2=O)ccc1O[C@H](C)C(=O)[O-]. The molecule has 1 atom stereocenters. The van der Waals surface area contributed by atoms with E-state index in [4.69, 9.17) is 21.7 Å². The van der Waals surface area contributed by atoms with E-state index in [0.717, 1.165) is 4.90 Å². The average molecular weight is 457 g/mol. The molecule has 2 amide bonds. The first-order chi connectivity index (χ1) is 15.2. The summed E-state index contributed by atoms with van der Waals surface area (Å²) in [7, 11) is 0. The Bertz CT molecular complexity index is 1130. The van der Waals surface area contributed by atoms with Crippen LogP contribution in [0.15, 0.2) is 48.0 Å². The summed E-state index contributed by atoms with van der Waals surface area (Å²) in [5.41, 5.74) is 0.0196. The van der Waals surface area contributed by atoms with Gasteiger partial charge in [-0.1, -0.05) is 18.2 Å². The number of anilines is 1. The van der Waals surface area contributed by atoms with Crippen LogP contribution in [0.2, 0.25) is 0 Å². The summed E-state index contributed by atoms with van der Waals surface area (Å²) in [6.07, 6.45) is 0.0707. The van der Waals surface area contributed by atoms with Crippen LogP contribution in [0, 0.1) is 5.82 Å². The van der Waals surface area contributed by atoms with E-state index in [1.807, 2.05) is 0 Å². The minimum absolute atomic E-state index is 0.0941. The third-order valence-electron chi connectivity index (χ3n) is 4.41. The van der Waals surface area contributed by atoms with Gasteiger partial charge in [0.15, 0.2) is 16.6 Å². The Labute approximate surface area is 188 Å². The Kier molecular flexibility index (Phi) is 6.84. The number of aliphatic carboxylic acids is 1. The van der Waals surface area contributed by atoms with E-state index in [1.165, 1.54) is 55.5 Å². The van der Waals surface area contributed by atoms with Gasteiger partial charge in [-0.15, -0.1) is 0 Å². The van der Waals surface area contributed by atoms with E-state index in [0.29, 0.717) is 5.56 Å². The van der Waals surface area contributed by atoms with Crippen LogP contribution in [0.1, 0.15) is 19.4 Å². The number of ether oxygens (including phenoxy) is 2. The number of thiocarbonyl (C=S) groups is 1. The summed E-state index contributed by atoms with van der Waals surface area (Å²) < 4.78 is 25.1. The summed E-state index contributed by atoms with van der Waals surface area (Å²) in [5, 5.41) is 13.1. The maximum atomic E-state index is 14.3. The Balaban J connectivity index is 1.98. The largest absolute Gasteiger partial charge is 0.546 e. The predicted molar refractivity (Wildman–Crippen MR) is 115 cm³/mol. The van der Waals surface area contributed by atoms with E-state index in [-0.39, 0.29) is 34.5 Å². The second-order valence-corrected chi connectivity index (χ2v) is 7.01. The second kappa shape index (κ2) is 9.56. The topological polar surface area (TPSA) is 108 Å². The zero-order valence-corrected chi connectivity index (χ0v) is 17.9. The molecule has 1 heterocycles. The summed E-state index contributed by atoms with van der Waals surface area (Å²) in [4.78, 5) is 37.3. The molecule has 2 aromatic rings. The van der Waals surface area contributed by atoms with Gasteiger partial charge in [0.25, 0.3) is 11.8 Å². The lowest BCUT2D eigenvalue weighted by atomic mass is 10.1. The standard InChI is InChI=1S/C22H19FN2O6S/c1-3-30-18-11-13(8-9-17(18)31-12(2)21(28)29)10-14-19(26)24-22(32)25(20(14)27)16-7-5-4-6-15(16)23/h4-12H,3H2,1-2H3,(H,28,29)(H,24,26,32)/p-1/b14-10-/t12-/m1/s1. The average Bonchev–Trinajstić information content (AvgIpc) is 2.74. The van der Waals surface area contributed by atoms with E-state index in [9.17, 15) is 23.9 Å². The van der Waals surface area contributed by atoms with Crippen molar-refractivity contribution in [2.24, 2.45) is 0 Å².